The summed E-state index contributed by atoms with van der Waals surface area (Å²) < 4.78 is 3.82. The summed E-state index contributed by atoms with van der Waals surface area (Å²) in [4.78, 5) is 9.27. The molecule has 9 aromatic rings. The molecule has 10 heteroatoms. The highest BCUT2D eigenvalue weighted by molar-refractivity contribution is 6.00. The smallest absolute Gasteiger partial charge is 0.250 e. The Morgan fingerprint density at radius 1 is 0.519 bits per heavy atom. The average molecular weight is 678 g/mol. The standard InChI is InChI=1S/C42H31N9O/c1-50-36-16-7-5-14-33(36)44-41(50)48-46-39-31-13-4-3-10-26(31)19-22-35(39)43-30-12-9-11-27(25-30)28-18-21-32-29(24-28)20-23-38(52)40(32)47-49-42-45-34-15-6-8-17-37(34)51(42)2/h3-25,43,52H,1-2H3. The molecule has 0 amide bonds. The van der Waals surface area contributed by atoms with Gasteiger partial charge in [0.2, 0.25) is 11.9 Å². The second-order valence-corrected chi connectivity index (χ2v) is 12.6. The molecular formula is C42H31N9O. The van der Waals surface area contributed by atoms with Crippen molar-refractivity contribution in [3.8, 4) is 16.9 Å². The third-order valence-corrected chi connectivity index (χ3v) is 9.35. The lowest BCUT2D eigenvalue weighted by atomic mass is 9.99. The number of phenols is 1. The summed E-state index contributed by atoms with van der Waals surface area (Å²) in [6.07, 6.45) is 0. The van der Waals surface area contributed by atoms with Crippen molar-refractivity contribution < 1.29 is 5.11 Å². The molecule has 0 saturated heterocycles. The number of benzene rings is 7. The fraction of sp³-hybridized carbons (Fsp3) is 0.0476. The third kappa shape index (κ3) is 5.48. The van der Waals surface area contributed by atoms with Crippen molar-refractivity contribution in [2.24, 2.45) is 34.6 Å². The van der Waals surface area contributed by atoms with E-state index < -0.39 is 0 Å². The van der Waals surface area contributed by atoms with Gasteiger partial charge in [0.15, 0.2) is 0 Å². The van der Waals surface area contributed by atoms with Gasteiger partial charge in [-0.2, -0.15) is 0 Å². The van der Waals surface area contributed by atoms with Crippen LogP contribution in [-0.4, -0.2) is 24.2 Å². The quantitative estimate of drug-likeness (QED) is 0.163. The molecule has 0 aliphatic heterocycles. The first-order valence-electron chi connectivity index (χ1n) is 16.8. The number of aryl methyl sites for hydroxylation is 2. The number of rotatable bonds is 7. The summed E-state index contributed by atoms with van der Waals surface area (Å²) >= 11 is 0. The summed E-state index contributed by atoms with van der Waals surface area (Å²) in [5, 5.41) is 36.4. The van der Waals surface area contributed by atoms with Gasteiger partial charge in [-0.25, -0.2) is 9.97 Å². The number of hydrogen-bond donors (Lipinski definition) is 2. The summed E-state index contributed by atoms with van der Waals surface area (Å²) in [5.74, 6) is 1.04. The second kappa shape index (κ2) is 12.6. The van der Waals surface area contributed by atoms with E-state index in [2.05, 4.69) is 67.0 Å². The number of hydrogen-bond acceptors (Lipinski definition) is 8. The van der Waals surface area contributed by atoms with Gasteiger partial charge in [0.25, 0.3) is 0 Å². The average Bonchev–Trinajstić information content (AvgIpc) is 3.68. The Morgan fingerprint density at radius 3 is 1.87 bits per heavy atom. The van der Waals surface area contributed by atoms with E-state index in [-0.39, 0.29) is 5.75 Å². The van der Waals surface area contributed by atoms with Gasteiger partial charge in [0.1, 0.15) is 17.1 Å². The van der Waals surface area contributed by atoms with Crippen molar-refractivity contribution >= 4 is 78.3 Å². The van der Waals surface area contributed by atoms with Crippen LogP contribution in [0.15, 0.2) is 160 Å². The molecule has 2 N–H and O–H groups in total. The molecule has 0 radical (unpaired) electrons. The minimum atomic E-state index is 0.0495. The summed E-state index contributed by atoms with van der Waals surface area (Å²) in [5.41, 5.74) is 8.53. The van der Waals surface area contributed by atoms with E-state index in [0.717, 1.165) is 71.8 Å². The van der Waals surface area contributed by atoms with Crippen molar-refractivity contribution in [3.05, 3.63) is 140 Å². The summed E-state index contributed by atoms with van der Waals surface area (Å²) in [6, 6.07) is 45.9. The van der Waals surface area contributed by atoms with Crippen molar-refractivity contribution in [1.29, 1.82) is 0 Å². The van der Waals surface area contributed by atoms with Crippen LogP contribution in [0.4, 0.5) is 34.6 Å². The first-order chi connectivity index (χ1) is 25.5. The number of anilines is 2. The molecule has 2 aromatic heterocycles. The number of para-hydroxylation sites is 4. The van der Waals surface area contributed by atoms with E-state index in [1.165, 1.54) is 0 Å². The van der Waals surface area contributed by atoms with Gasteiger partial charge in [-0.3, -0.25) is 0 Å². The fourth-order valence-corrected chi connectivity index (χ4v) is 6.62. The maximum absolute atomic E-state index is 10.8. The normalized spacial score (nSPS) is 12.0. The number of phenolic OH excluding ortho intramolecular Hbond substituents is 1. The van der Waals surface area contributed by atoms with E-state index in [4.69, 9.17) is 5.11 Å². The maximum Gasteiger partial charge on any atom is 0.250 e. The van der Waals surface area contributed by atoms with Crippen LogP contribution in [0.5, 0.6) is 5.75 Å². The van der Waals surface area contributed by atoms with Crippen LogP contribution in [0.1, 0.15) is 0 Å². The molecule has 0 aliphatic carbocycles. The lowest BCUT2D eigenvalue weighted by Crippen LogP contribution is -1.92. The fourth-order valence-electron chi connectivity index (χ4n) is 6.62. The van der Waals surface area contributed by atoms with Crippen molar-refractivity contribution in [1.82, 2.24) is 19.1 Å². The lowest BCUT2D eigenvalue weighted by Gasteiger charge is -2.13. The van der Waals surface area contributed by atoms with Crippen molar-refractivity contribution in [2.45, 2.75) is 0 Å². The largest absolute Gasteiger partial charge is 0.506 e. The van der Waals surface area contributed by atoms with Crippen LogP contribution in [0.25, 0.3) is 54.7 Å². The zero-order chi connectivity index (χ0) is 35.2. The minimum Gasteiger partial charge on any atom is -0.506 e. The molecule has 7 aromatic carbocycles. The minimum absolute atomic E-state index is 0.0495. The predicted octanol–water partition coefficient (Wildman–Crippen LogP) is 11.7. The first-order valence-corrected chi connectivity index (χ1v) is 16.8. The molecule has 52 heavy (non-hydrogen) atoms. The molecule has 2 heterocycles. The Bertz CT molecular complexity index is 2880. The van der Waals surface area contributed by atoms with Crippen LogP contribution < -0.4 is 5.32 Å². The van der Waals surface area contributed by atoms with Gasteiger partial charge >= 0.3 is 0 Å². The number of fused-ring (bicyclic) bond motifs is 4. The SMILES string of the molecule is Cn1c(N=Nc2c(O)ccc3cc(-c4cccc(Nc5ccc6ccccc6c5N=Nc5nc6ccccc6n5C)c4)ccc23)nc2ccccc21. The van der Waals surface area contributed by atoms with Gasteiger partial charge < -0.3 is 19.6 Å². The Balaban J connectivity index is 1.04. The van der Waals surface area contributed by atoms with E-state index in [9.17, 15) is 5.11 Å². The van der Waals surface area contributed by atoms with Crippen LogP contribution in [-0.2, 0) is 14.1 Å². The molecule has 0 fully saturated rings. The van der Waals surface area contributed by atoms with E-state index >= 15 is 0 Å². The van der Waals surface area contributed by atoms with Crippen molar-refractivity contribution in [2.75, 3.05) is 5.32 Å². The molecule has 0 spiro atoms. The Hall–Kier alpha value is -7.20. The number of imidazole rings is 2. The Labute approximate surface area is 298 Å². The summed E-state index contributed by atoms with van der Waals surface area (Å²) in [7, 11) is 3.85. The molecule has 250 valence electrons. The van der Waals surface area contributed by atoms with Crippen LogP contribution in [0.3, 0.4) is 0 Å². The number of aromatic hydroxyl groups is 1. The molecule has 0 atom stereocenters. The lowest BCUT2D eigenvalue weighted by molar-refractivity contribution is 0.477. The van der Waals surface area contributed by atoms with Crippen LogP contribution in [0, 0.1) is 0 Å². The van der Waals surface area contributed by atoms with Gasteiger partial charge in [-0.15, -0.1) is 20.5 Å². The van der Waals surface area contributed by atoms with Crippen LogP contribution in [0.2, 0.25) is 0 Å². The highest BCUT2D eigenvalue weighted by Crippen LogP contribution is 2.40. The van der Waals surface area contributed by atoms with Gasteiger partial charge in [-0.05, 0) is 76.5 Å². The zero-order valence-electron chi connectivity index (χ0n) is 28.3. The second-order valence-electron chi connectivity index (χ2n) is 12.6. The third-order valence-electron chi connectivity index (χ3n) is 9.35. The number of nitrogens with one attached hydrogen (secondary N) is 1. The van der Waals surface area contributed by atoms with Gasteiger partial charge in [0, 0.05) is 30.6 Å². The van der Waals surface area contributed by atoms with Crippen LogP contribution >= 0.6 is 0 Å². The van der Waals surface area contributed by atoms with Gasteiger partial charge in [0.05, 0.1) is 27.8 Å². The molecule has 0 aliphatic rings. The van der Waals surface area contributed by atoms with E-state index in [0.29, 0.717) is 17.6 Å². The predicted molar refractivity (Wildman–Crippen MR) is 208 cm³/mol. The first kappa shape index (κ1) is 30.8. The zero-order valence-corrected chi connectivity index (χ0v) is 28.3. The molecule has 9 rings (SSSR count). The van der Waals surface area contributed by atoms with Crippen molar-refractivity contribution in [3.63, 3.8) is 0 Å². The molecular weight excluding hydrogens is 647 g/mol. The van der Waals surface area contributed by atoms with E-state index in [1.54, 1.807) is 6.07 Å². The van der Waals surface area contributed by atoms with E-state index in [1.807, 2.05) is 120 Å². The maximum atomic E-state index is 10.8. The molecule has 0 saturated carbocycles. The number of aromatic nitrogens is 4. The van der Waals surface area contributed by atoms with Gasteiger partial charge in [-0.1, -0.05) is 84.9 Å². The monoisotopic (exact) mass is 677 g/mol. The highest BCUT2D eigenvalue weighted by Gasteiger charge is 2.13. The number of nitrogens with zero attached hydrogens (tertiary/aromatic N) is 8. The molecule has 0 unspecified atom stereocenters. The molecule has 10 nitrogen and oxygen atoms in total. The highest BCUT2D eigenvalue weighted by atomic mass is 16.3. The molecule has 0 bridgehead atoms. The Morgan fingerprint density at radius 2 is 1.13 bits per heavy atom. The number of azo groups is 2. The topological polar surface area (TPSA) is 117 Å². The summed E-state index contributed by atoms with van der Waals surface area (Å²) in [6.45, 7) is 0. The Kier molecular flexibility index (Phi) is 7.47.